The fraction of sp³-hybridized carbons (Fsp3) is 0.154. The van der Waals surface area contributed by atoms with Gasteiger partial charge in [0, 0.05) is 36.2 Å². The Morgan fingerprint density at radius 3 is 2.32 bits per heavy atom. The van der Waals surface area contributed by atoms with Crippen molar-refractivity contribution in [3.05, 3.63) is 117 Å². The highest BCUT2D eigenvalue weighted by Gasteiger charge is 2.20. The maximum atomic E-state index is 13.3. The van der Waals surface area contributed by atoms with E-state index < -0.39 is 4.92 Å². The highest BCUT2D eigenvalue weighted by molar-refractivity contribution is 7.09. The molecule has 0 aliphatic rings. The molecular formula is C26H25N3O4S. The minimum atomic E-state index is -0.479. The van der Waals surface area contributed by atoms with E-state index in [-0.39, 0.29) is 30.6 Å². The predicted molar refractivity (Wildman–Crippen MR) is 134 cm³/mol. The molecule has 0 saturated heterocycles. The number of thiophene rings is 1. The third kappa shape index (κ3) is 7.25. The molecule has 7 nitrogen and oxygen atoms in total. The van der Waals surface area contributed by atoms with Gasteiger partial charge in [0.15, 0.2) is 0 Å². The van der Waals surface area contributed by atoms with Crippen molar-refractivity contribution in [2.45, 2.75) is 13.1 Å². The molecule has 0 spiro atoms. The third-order valence-corrected chi connectivity index (χ3v) is 5.87. The van der Waals surface area contributed by atoms with Crippen LogP contribution in [0.1, 0.15) is 16.0 Å². The van der Waals surface area contributed by atoms with Crippen LogP contribution in [0.5, 0.6) is 0 Å². The topological polar surface area (TPSA) is 83.8 Å². The molecule has 0 fully saturated rings. The van der Waals surface area contributed by atoms with Gasteiger partial charge in [0.1, 0.15) is 6.54 Å². The zero-order chi connectivity index (χ0) is 24.3. The Morgan fingerprint density at radius 1 is 0.971 bits per heavy atom. The highest BCUT2D eigenvalue weighted by atomic mass is 32.1. The van der Waals surface area contributed by atoms with Crippen molar-refractivity contribution in [3.8, 4) is 0 Å². The fourth-order valence-corrected chi connectivity index (χ4v) is 3.98. The maximum absolute atomic E-state index is 13.3. The van der Waals surface area contributed by atoms with E-state index in [1.165, 1.54) is 23.1 Å². The highest BCUT2D eigenvalue weighted by Crippen LogP contribution is 2.16. The molecule has 2 amide bonds. The molecule has 0 saturated carbocycles. The van der Waals surface area contributed by atoms with Crippen LogP contribution >= 0.6 is 11.3 Å². The van der Waals surface area contributed by atoms with Crippen LogP contribution in [0.2, 0.25) is 0 Å². The summed E-state index contributed by atoms with van der Waals surface area (Å²) >= 11 is 1.58. The Bertz CT molecular complexity index is 1140. The first-order chi connectivity index (χ1) is 16.5. The van der Waals surface area contributed by atoms with Gasteiger partial charge in [-0.3, -0.25) is 19.7 Å². The average molecular weight is 476 g/mol. The van der Waals surface area contributed by atoms with Crippen LogP contribution in [0.15, 0.2) is 90.8 Å². The number of nitrogens with zero attached hydrogens (tertiary/aromatic N) is 3. The second-order valence-electron chi connectivity index (χ2n) is 7.50. The third-order valence-electron chi connectivity index (χ3n) is 5.01. The summed E-state index contributed by atoms with van der Waals surface area (Å²) in [6, 6.07) is 19.5. The first-order valence-electron chi connectivity index (χ1n) is 10.6. The number of non-ortho nitro benzene ring substituents is 1. The molecule has 0 N–H and O–H groups in total. The lowest BCUT2D eigenvalue weighted by Crippen LogP contribution is -2.42. The molecule has 0 unspecified atom stereocenters. The number of hydrogen-bond donors (Lipinski definition) is 0. The van der Waals surface area contributed by atoms with E-state index in [0.29, 0.717) is 18.7 Å². The first-order valence-corrected chi connectivity index (χ1v) is 11.5. The zero-order valence-electron chi connectivity index (χ0n) is 18.6. The Morgan fingerprint density at radius 2 is 1.71 bits per heavy atom. The molecular weight excluding hydrogens is 450 g/mol. The molecule has 0 radical (unpaired) electrons. The van der Waals surface area contributed by atoms with Gasteiger partial charge in [0.2, 0.25) is 11.8 Å². The second kappa shape index (κ2) is 12.3. The van der Waals surface area contributed by atoms with Crippen molar-refractivity contribution in [2.24, 2.45) is 0 Å². The lowest BCUT2D eigenvalue weighted by molar-refractivity contribution is -0.384. The molecule has 0 aliphatic carbocycles. The van der Waals surface area contributed by atoms with Gasteiger partial charge in [0.25, 0.3) is 5.69 Å². The number of benzene rings is 2. The van der Waals surface area contributed by atoms with Crippen molar-refractivity contribution < 1.29 is 14.5 Å². The van der Waals surface area contributed by atoms with Gasteiger partial charge < -0.3 is 9.80 Å². The van der Waals surface area contributed by atoms with E-state index in [1.807, 2.05) is 47.8 Å². The summed E-state index contributed by atoms with van der Waals surface area (Å²) in [6.07, 6.45) is 4.50. The molecule has 1 heterocycles. The second-order valence-corrected chi connectivity index (χ2v) is 8.54. The summed E-state index contributed by atoms with van der Waals surface area (Å²) in [4.78, 5) is 40.6. The molecule has 3 aromatic rings. The van der Waals surface area contributed by atoms with Crippen LogP contribution in [-0.4, -0.2) is 39.6 Å². The Labute approximate surface area is 202 Å². The predicted octanol–water partition coefficient (Wildman–Crippen LogP) is 4.91. The summed E-state index contributed by atoms with van der Waals surface area (Å²) in [6.45, 7) is 4.72. The summed E-state index contributed by atoms with van der Waals surface area (Å²) < 4.78 is 0. The van der Waals surface area contributed by atoms with Crippen molar-refractivity contribution in [3.63, 3.8) is 0 Å². The molecule has 2 aromatic carbocycles. The van der Waals surface area contributed by atoms with E-state index in [4.69, 9.17) is 0 Å². The number of nitro benzene ring substituents is 1. The van der Waals surface area contributed by atoms with Gasteiger partial charge in [-0.15, -0.1) is 17.9 Å². The Kier molecular flexibility index (Phi) is 8.88. The van der Waals surface area contributed by atoms with Crippen LogP contribution in [-0.2, 0) is 22.7 Å². The average Bonchev–Trinajstić information content (AvgIpc) is 3.36. The lowest BCUT2D eigenvalue weighted by atomic mass is 10.2. The number of hydrogen-bond acceptors (Lipinski definition) is 5. The maximum Gasteiger partial charge on any atom is 0.269 e. The fourth-order valence-electron chi connectivity index (χ4n) is 3.26. The number of rotatable bonds is 11. The first kappa shape index (κ1) is 24.6. The van der Waals surface area contributed by atoms with Crippen molar-refractivity contribution in [1.29, 1.82) is 0 Å². The van der Waals surface area contributed by atoms with Gasteiger partial charge in [0.05, 0.1) is 11.5 Å². The van der Waals surface area contributed by atoms with E-state index >= 15 is 0 Å². The minimum Gasteiger partial charge on any atom is -0.332 e. The molecule has 8 heteroatoms. The molecule has 34 heavy (non-hydrogen) atoms. The van der Waals surface area contributed by atoms with Crippen LogP contribution in [0, 0.1) is 10.1 Å². The number of nitro groups is 1. The van der Waals surface area contributed by atoms with E-state index in [0.717, 1.165) is 10.4 Å². The normalized spacial score (nSPS) is 10.7. The number of carbonyl (C=O) groups excluding carboxylic acids is 2. The molecule has 174 valence electrons. The summed E-state index contributed by atoms with van der Waals surface area (Å²) in [5.41, 5.74) is 1.63. The molecule has 0 bridgehead atoms. The lowest BCUT2D eigenvalue weighted by Gasteiger charge is -2.26. The summed E-state index contributed by atoms with van der Waals surface area (Å²) in [5, 5.41) is 12.8. The van der Waals surface area contributed by atoms with Crippen LogP contribution in [0.4, 0.5) is 5.69 Å². The standard InChI is InChI=1S/C26H25N3O4S/c1-2-16-27(25(30)15-12-21-10-13-23(14-11-21)29(32)33)20-26(31)28(19-24-9-6-17-34-24)18-22-7-4-3-5-8-22/h2-15,17H,1,16,18-20H2. The van der Waals surface area contributed by atoms with Crippen LogP contribution < -0.4 is 0 Å². The molecule has 3 rings (SSSR count). The van der Waals surface area contributed by atoms with Crippen LogP contribution in [0.25, 0.3) is 6.08 Å². The van der Waals surface area contributed by atoms with Gasteiger partial charge in [-0.05, 0) is 40.8 Å². The van der Waals surface area contributed by atoms with Crippen molar-refractivity contribution >= 4 is 34.9 Å². The number of amides is 2. The Balaban J connectivity index is 1.71. The molecule has 0 aliphatic heterocycles. The largest absolute Gasteiger partial charge is 0.332 e. The van der Waals surface area contributed by atoms with E-state index in [1.54, 1.807) is 40.5 Å². The monoisotopic (exact) mass is 475 g/mol. The van der Waals surface area contributed by atoms with Crippen molar-refractivity contribution in [1.82, 2.24) is 9.80 Å². The van der Waals surface area contributed by atoms with Gasteiger partial charge >= 0.3 is 0 Å². The minimum absolute atomic E-state index is 0.0217. The quantitative estimate of drug-likeness (QED) is 0.171. The molecule has 0 atom stereocenters. The molecule has 1 aromatic heterocycles. The van der Waals surface area contributed by atoms with E-state index in [2.05, 4.69) is 6.58 Å². The zero-order valence-corrected chi connectivity index (χ0v) is 19.4. The summed E-state index contributed by atoms with van der Waals surface area (Å²) in [5.74, 6) is -0.515. The van der Waals surface area contributed by atoms with Crippen molar-refractivity contribution in [2.75, 3.05) is 13.1 Å². The van der Waals surface area contributed by atoms with Gasteiger partial charge in [-0.1, -0.05) is 42.5 Å². The Hall–Kier alpha value is -4.04. The smallest absolute Gasteiger partial charge is 0.269 e. The van der Waals surface area contributed by atoms with Crippen LogP contribution in [0.3, 0.4) is 0 Å². The van der Waals surface area contributed by atoms with E-state index in [9.17, 15) is 19.7 Å². The van der Waals surface area contributed by atoms with Gasteiger partial charge in [-0.25, -0.2) is 0 Å². The SMILES string of the molecule is C=CCN(CC(=O)N(Cc1ccccc1)Cc1cccs1)C(=O)C=Cc1ccc([N+](=O)[O-])cc1. The number of carbonyl (C=O) groups is 2. The van der Waals surface area contributed by atoms with Gasteiger partial charge in [-0.2, -0.15) is 0 Å². The summed E-state index contributed by atoms with van der Waals surface area (Å²) in [7, 11) is 0.